The number of allylic oxidation sites excluding steroid dienone is 30. The molecule has 0 rings (SSSR count). The highest BCUT2D eigenvalue weighted by Gasteiger charge is 2.21. The van der Waals surface area contributed by atoms with Crippen LogP contribution < -0.4 is 5.11 Å². The molecule has 0 saturated carbocycles. The smallest absolute Gasteiger partial charge is 0.306 e. The van der Waals surface area contributed by atoms with Crippen molar-refractivity contribution in [3.63, 3.8) is 0 Å². The van der Waals surface area contributed by atoms with Gasteiger partial charge >= 0.3 is 11.9 Å². The fourth-order valence-electron chi connectivity index (χ4n) is 6.76. The van der Waals surface area contributed by atoms with Gasteiger partial charge in [-0.1, -0.05) is 203 Å². The predicted octanol–water partition coefficient (Wildman–Crippen LogP) is 16.0. The number of quaternary nitrogens is 1. The third-order valence-electron chi connectivity index (χ3n) is 11.1. The first kappa shape index (κ1) is 71.4. The Kier molecular flexibility index (Phi) is 52.5. The van der Waals surface area contributed by atoms with Crippen molar-refractivity contribution in [3.8, 4) is 0 Å². The van der Waals surface area contributed by atoms with E-state index in [2.05, 4.69) is 196 Å². The molecule has 2 atom stereocenters. The van der Waals surface area contributed by atoms with Gasteiger partial charge in [-0.05, 0) is 135 Å². The average Bonchev–Trinajstić information content (AvgIpc) is 3.40. The van der Waals surface area contributed by atoms with Crippen LogP contribution >= 0.6 is 0 Å². The summed E-state index contributed by atoms with van der Waals surface area (Å²) in [6.07, 6.45) is 83.9. The summed E-state index contributed by atoms with van der Waals surface area (Å²) in [4.78, 5) is 37.1. The molecule has 0 aromatic rings. The Morgan fingerprint density at radius 2 is 0.701 bits per heavy atom. The van der Waals surface area contributed by atoms with Crippen LogP contribution in [-0.2, 0) is 33.3 Å². The van der Waals surface area contributed by atoms with Crippen LogP contribution in [0.25, 0.3) is 0 Å². The topological polar surface area (TPSA) is 111 Å². The van der Waals surface area contributed by atoms with Crippen LogP contribution in [-0.4, -0.2) is 82.3 Å². The summed E-state index contributed by atoms with van der Waals surface area (Å²) in [5, 5.41) is 11.7. The molecule has 0 aromatic carbocycles. The van der Waals surface area contributed by atoms with Crippen LogP contribution in [0.3, 0.4) is 0 Å². The van der Waals surface area contributed by atoms with E-state index in [-0.39, 0.29) is 32.7 Å². The molecule has 0 bridgehead atoms. The second-order valence-electron chi connectivity index (χ2n) is 19.5. The third kappa shape index (κ3) is 57.9. The molecule has 9 heteroatoms. The van der Waals surface area contributed by atoms with E-state index in [1.165, 1.54) is 0 Å². The molecule has 0 aliphatic rings. The van der Waals surface area contributed by atoms with Crippen molar-refractivity contribution in [2.75, 3.05) is 47.5 Å². The average molecular weight is 1060 g/mol. The molecule has 0 aliphatic carbocycles. The minimum atomic E-state index is -1.65. The molecule has 0 aromatic heterocycles. The van der Waals surface area contributed by atoms with E-state index in [4.69, 9.17) is 18.9 Å². The number of carbonyl (C=O) groups is 3. The van der Waals surface area contributed by atoms with Crippen molar-refractivity contribution in [2.45, 2.75) is 180 Å². The number of hydrogen-bond donors (Lipinski definition) is 0. The molecule has 428 valence electrons. The van der Waals surface area contributed by atoms with Crippen LogP contribution in [0.1, 0.15) is 168 Å². The number of carboxylic acids is 1. The van der Waals surface area contributed by atoms with Gasteiger partial charge in [0.25, 0.3) is 0 Å². The summed E-state index contributed by atoms with van der Waals surface area (Å²) in [5.41, 5.74) is 0. The SMILES string of the molecule is CC/C=C\C/C=C\C/C=C\C/C=C\C/C=C\C/C=C\C/C=C\C/C=C\C/C=C\C/C=C\C/C=C\C/C=C\CCCCC(=O)OC(COC(=O)CCCCC/C=C\C/C=C\C/C=C\CC)COC(OCC[N+](C)(C)C)C(=O)[O-]. The summed E-state index contributed by atoms with van der Waals surface area (Å²) >= 11 is 0. The van der Waals surface area contributed by atoms with E-state index < -0.39 is 30.3 Å². The lowest BCUT2D eigenvalue weighted by Gasteiger charge is -2.26. The first-order valence-electron chi connectivity index (χ1n) is 28.9. The van der Waals surface area contributed by atoms with Crippen molar-refractivity contribution in [1.82, 2.24) is 0 Å². The molecule has 0 N–H and O–H groups in total. The fourth-order valence-corrected chi connectivity index (χ4v) is 6.76. The lowest BCUT2D eigenvalue weighted by atomic mass is 10.1. The van der Waals surface area contributed by atoms with Crippen LogP contribution in [0.4, 0.5) is 0 Å². The number of unbranched alkanes of at least 4 members (excludes halogenated alkanes) is 5. The van der Waals surface area contributed by atoms with E-state index in [0.717, 1.165) is 128 Å². The molecule has 2 unspecified atom stereocenters. The van der Waals surface area contributed by atoms with Gasteiger partial charge in [0.15, 0.2) is 12.4 Å². The van der Waals surface area contributed by atoms with E-state index in [1.807, 2.05) is 21.1 Å². The lowest BCUT2D eigenvalue weighted by Crippen LogP contribution is -2.44. The largest absolute Gasteiger partial charge is 0.545 e. The number of rotatable bonds is 50. The van der Waals surface area contributed by atoms with Crippen LogP contribution in [0.2, 0.25) is 0 Å². The Bertz CT molecular complexity index is 1910. The molecule has 0 saturated heterocycles. The van der Waals surface area contributed by atoms with E-state index >= 15 is 0 Å². The van der Waals surface area contributed by atoms with Gasteiger partial charge in [-0.3, -0.25) is 9.59 Å². The van der Waals surface area contributed by atoms with E-state index in [9.17, 15) is 19.5 Å². The molecule has 9 nitrogen and oxygen atoms in total. The van der Waals surface area contributed by atoms with Gasteiger partial charge < -0.3 is 33.3 Å². The Morgan fingerprint density at radius 1 is 0.390 bits per heavy atom. The summed E-state index contributed by atoms with van der Waals surface area (Å²) in [6, 6.07) is 0. The van der Waals surface area contributed by atoms with Gasteiger partial charge in [0.2, 0.25) is 0 Å². The number of carbonyl (C=O) groups excluding carboxylic acids is 3. The predicted molar refractivity (Wildman–Crippen MR) is 324 cm³/mol. The summed E-state index contributed by atoms with van der Waals surface area (Å²) in [5.74, 6) is -2.41. The second-order valence-corrected chi connectivity index (χ2v) is 19.5. The molecule has 0 amide bonds. The zero-order chi connectivity index (χ0) is 56.2. The summed E-state index contributed by atoms with van der Waals surface area (Å²) < 4.78 is 22.5. The number of esters is 2. The van der Waals surface area contributed by atoms with E-state index in [0.29, 0.717) is 23.9 Å². The van der Waals surface area contributed by atoms with Crippen molar-refractivity contribution in [1.29, 1.82) is 0 Å². The zero-order valence-electron chi connectivity index (χ0n) is 48.5. The minimum Gasteiger partial charge on any atom is -0.545 e. The normalized spacial score (nSPS) is 14.1. The minimum absolute atomic E-state index is 0.123. The van der Waals surface area contributed by atoms with Crippen LogP contribution in [0.15, 0.2) is 182 Å². The standard InChI is InChI=1S/C68H103NO8/c1-6-8-10-12-14-16-18-20-21-22-23-24-25-26-27-28-29-30-31-32-33-34-35-36-37-38-39-40-41-42-43-44-45-47-49-51-53-55-57-59-66(71)77-64(63-76-68(67(72)73)74-61-60-69(3,4)5)62-75-65(70)58-56-54-52-50-48-46-19-17-15-13-11-9-7-2/h8-11,14-17,20-21,23-24,26-27,29-30,32-33,35-36,38-39,41-42,44-46,48-49,51,64,68H,6-7,12-13,18-19,22,25,28,31,34,37,40,43,47,50,52-63H2,1-5H3/b10-8-,11-9-,16-14-,17-15-,21-20-,24-23-,27-26-,30-29-,33-32-,36-35-,39-38-,42-41-,45-44-,48-46-,51-49-. The number of carboxylic acid groups (broad SMARTS) is 1. The van der Waals surface area contributed by atoms with Crippen LogP contribution in [0.5, 0.6) is 0 Å². The molecular weight excluding hydrogens is 959 g/mol. The molecule has 0 radical (unpaired) electrons. The zero-order valence-corrected chi connectivity index (χ0v) is 48.5. The van der Waals surface area contributed by atoms with Crippen molar-refractivity contribution in [2.24, 2.45) is 0 Å². The third-order valence-corrected chi connectivity index (χ3v) is 11.1. The highest BCUT2D eigenvalue weighted by Crippen LogP contribution is 2.10. The van der Waals surface area contributed by atoms with Crippen LogP contribution in [0, 0.1) is 0 Å². The maximum Gasteiger partial charge on any atom is 0.306 e. The van der Waals surface area contributed by atoms with Gasteiger partial charge in [-0.15, -0.1) is 0 Å². The van der Waals surface area contributed by atoms with Gasteiger partial charge in [0, 0.05) is 12.8 Å². The highest BCUT2D eigenvalue weighted by atomic mass is 16.7. The molecule has 77 heavy (non-hydrogen) atoms. The monoisotopic (exact) mass is 1060 g/mol. The van der Waals surface area contributed by atoms with Crippen molar-refractivity contribution < 1.29 is 42.9 Å². The Labute approximate surface area is 469 Å². The quantitative estimate of drug-likeness (QED) is 0.0195. The molecule has 0 aliphatic heterocycles. The summed E-state index contributed by atoms with van der Waals surface area (Å²) in [7, 11) is 5.87. The van der Waals surface area contributed by atoms with Gasteiger partial charge in [0.05, 0.1) is 40.3 Å². The number of ether oxygens (including phenoxy) is 4. The second kappa shape index (κ2) is 56.6. The maximum absolute atomic E-state index is 12.8. The number of nitrogens with zero attached hydrogens (tertiary/aromatic N) is 1. The van der Waals surface area contributed by atoms with Gasteiger partial charge in [-0.2, -0.15) is 0 Å². The van der Waals surface area contributed by atoms with Gasteiger partial charge in [-0.25, -0.2) is 0 Å². The molecule has 0 fully saturated rings. The van der Waals surface area contributed by atoms with Gasteiger partial charge in [0.1, 0.15) is 13.2 Å². The maximum atomic E-state index is 12.8. The Hall–Kier alpha value is -5.61. The number of likely N-dealkylation sites (N-methyl/N-ethyl adjacent to an activating group) is 1. The van der Waals surface area contributed by atoms with Crippen molar-refractivity contribution >= 4 is 17.9 Å². The Balaban J connectivity index is 4.33. The fraction of sp³-hybridized carbons (Fsp3) is 0.515. The molecule has 0 heterocycles. The summed E-state index contributed by atoms with van der Waals surface area (Å²) in [6.45, 7) is 4.38. The van der Waals surface area contributed by atoms with Crippen molar-refractivity contribution in [3.05, 3.63) is 182 Å². The first-order chi connectivity index (χ1) is 37.6. The van der Waals surface area contributed by atoms with E-state index in [1.54, 1.807) is 0 Å². The molecule has 0 spiro atoms. The Morgan fingerprint density at radius 3 is 1.04 bits per heavy atom. The molecular formula is C68H103NO8. The first-order valence-corrected chi connectivity index (χ1v) is 28.9. The number of hydrogen-bond acceptors (Lipinski definition) is 8. The lowest BCUT2D eigenvalue weighted by molar-refractivity contribution is -0.870. The highest BCUT2D eigenvalue weighted by molar-refractivity contribution is 5.70. The number of aliphatic carboxylic acids is 1.